The third-order valence-electron chi connectivity index (χ3n) is 4.20. The van der Waals surface area contributed by atoms with Crippen LogP contribution in [0.5, 0.6) is 5.75 Å². The average molecular weight is 382 g/mol. The van der Waals surface area contributed by atoms with E-state index < -0.39 is 5.97 Å². The second kappa shape index (κ2) is 8.60. The van der Waals surface area contributed by atoms with E-state index in [-0.39, 0.29) is 5.56 Å². The molecular formula is C22H20ClNO3. The van der Waals surface area contributed by atoms with E-state index in [1.54, 1.807) is 18.2 Å². The highest BCUT2D eigenvalue weighted by atomic mass is 35.5. The monoisotopic (exact) mass is 381 g/mol. The summed E-state index contributed by atoms with van der Waals surface area (Å²) in [6.45, 7) is 2.92. The predicted molar refractivity (Wildman–Crippen MR) is 108 cm³/mol. The fraction of sp³-hybridized carbons (Fsp3) is 0.136. The number of aromatic carboxylic acids is 1. The molecule has 0 aliphatic carbocycles. The van der Waals surface area contributed by atoms with Gasteiger partial charge in [0.05, 0.1) is 10.6 Å². The van der Waals surface area contributed by atoms with Gasteiger partial charge in [-0.3, -0.25) is 0 Å². The second-order valence-corrected chi connectivity index (χ2v) is 6.63. The van der Waals surface area contributed by atoms with Gasteiger partial charge in [-0.1, -0.05) is 54.1 Å². The molecule has 4 nitrogen and oxygen atoms in total. The van der Waals surface area contributed by atoms with E-state index in [0.717, 1.165) is 22.4 Å². The summed E-state index contributed by atoms with van der Waals surface area (Å²) in [5, 5.41) is 12.9. The van der Waals surface area contributed by atoms with Crippen molar-refractivity contribution in [3.63, 3.8) is 0 Å². The van der Waals surface area contributed by atoms with Crippen LogP contribution in [0.1, 0.15) is 27.0 Å². The van der Waals surface area contributed by atoms with Gasteiger partial charge in [-0.2, -0.15) is 0 Å². The van der Waals surface area contributed by atoms with Crippen molar-refractivity contribution in [2.75, 3.05) is 5.32 Å². The smallest absolute Gasteiger partial charge is 0.335 e. The second-order valence-electron chi connectivity index (χ2n) is 6.23. The van der Waals surface area contributed by atoms with Crippen molar-refractivity contribution >= 4 is 23.3 Å². The Balaban J connectivity index is 1.64. The molecule has 0 bridgehead atoms. The van der Waals surface area contributed by atoms with E-state index in [2.05, 4.69) is 5.32 Å². The van der Waals surface area contributed by atoms with E-state index in [0.29, 0.717) is 23.9 Å². The molecule has 5 heteroatoms. The van der Waals surface area contributed by atoms with Crippen LogP contribution >= 0.6 is 11.6 Å². The van der Waals surface area contributed by atoms with Crippen LogP contribution in [0.4, 0.5) is 5.69 Å². The number of aryl methyl sites for hydroxylation is 1. The molecule has 0 amide bonds. The minimum absolute atomic E-state index is 0.255. The van der Waals surface area contributed by atoms with E-state index >= 15 is 0 Å². The molecule has 3 aromatic rings. The molecular weight excluding hydrogens is 362 g/mol. The van der Waals surface area contributed by atoms with Gasteiger partial charge in [0.15, 0.2) is 0 Å². The minimum atomic E-state index is -0.944. The van der Waals surface area contributed by atoms with Crippen molar-refractivity contribution in [2.24, 2.45) is 0 Å². The zero-order valence-electron chi connectivity index (χ0n) is 14.9. The molecule has 0 aliphatic rings. The molecule has 0 unspecified atom stereocenters. The van der Waals surface area contributed by atoms with Crippen molar-refractivity contribution < 1.29 is 14.6 Å². The molecule has 27 heavy (non-hydrogen) atoms. The van der Waals surface area contributed by atoms with Gasteiger partial charge >= 0.3 is 5.97 Å². The predicted octanol–water partition coefficient (Wildman–Crippen LogP) is 5.54. The third kappa shape index (κ3) is 5.02. The summed E-state index contributed by atoms with van der Waals surface area (Å²) < 4.78 is 5.78. The van der Waals surface area contributed by atoms with Crippen molar-refractivity contribution in [3.05, 3.63) is 94.0 Å². The average Bonchev–Trinajstić information content (AvgIpc) is 2.67. The SMILES string of the molecule is Cc1ccc(C(=O)O)cc1NCc1ccc(OCc2ccccc2)c(Cl)c1. The van der Waals surface area contributed by atoms with Gasteiger partial charge in [0.25, 0.3) is 0 Å². The number of carboxylic acids is 1. The summed E-state index contributed by atoms with van der Waals surface area (Å²) in [7, 11) is 0. The summed E-state index contributed by atoms with van der Waals surface area (Å²) in [5.41, 5.74) is 4.08. The van der Waals surface area contributed by atoms with E-state index in [4.69, 9.17) is 21.4 Å². The van der Waals surface area contributed by atoms with E-state index in [1.807, 2.05) is 55.5 Å². The lowest BCUT2D eigenvalue weighted by Crippen LogP contribution is -2.04. The molecule has 0 aromatic heterocycles. The third-order valence-corrected chi connectivity index (χ3v) is 4.50. The van der Waals surface area contributed by atoms with Crippen molar-refractivity contribution in [3.8, 4) is 5.75 Å². The first kappa shape index (κ1) is 18.8. The van der Waals surface area contributed by atoms with Crippen molar-refractivity contribution in [1.82, 2.24) is 0 Å². The quantitative estimate of drug-likeness (QED) is 0.564. The lowest BCUT2D eigenvalue weighted by Gasteiger charge is -2.12. The highest BCUT2D eigenvalue weighted by molar-refractivity contribution is 6.32. The van der Waals surface area contributed by atoms with Gasteiger partial charge < -0.3 is 15.2 Å². The maximum absolute atomic E-state index is 11.1. The molecule has 3 rings (SSSR count). The normalized spacial score (nSPS) is 10.4. The summed E-state index contributed by atoms with van der Waals surface area (Å²) in [5.74, 6) is -0.311. The fourth-order valence-corrected chi connectivity index (χ4v) is 2.91. The Bertz CT molecular complexity index is 942. The maximum atomic E-state index is 11.1. The highest BCUT2D eigenvalue weighted by Crippen LogP contribution is 2.27. The Hall–Kier alpha value is -2.98. The molecule has 0 spiro atoms. The van der Waals surface area contributed by atoms with Crippen LogP contribution < -0.4 is 10.1 Å². The number of halogens is 1. The Kier molecular flexibility index (Phi) is 5.99. The van der Waals surface area contributed by atoms with Gasteiger partial charge in [0.1, 0.15) is 12.4 Å². The molecule has 0 radical (unpaired) electrons. The molecule has 2 N–H and O–H groups in total. The molecule has 138 valence electrons. The zero-order valence-corrected chi connectivity index (χ0v) is 15.7. The van der Waals surface area contributed by atoms with Crippen LogP contribution in [0.3, 0.4) is 0 Å². The first-order valence-electron chi connectivity index (χ1n) is 8.56. The van der Waals surface area contributed by atoms with Gasteiger partial charge in [-0.05, 0) is 47.9 Å². The number of carbonyl (C=O) groups is 1. The zero-order chi connectivity index (χ0) is 19.2. The van der Waals surface area contributed by atoms with Gasteiger partial charge in [-0.25, -0.2) is 4.79 Å². The fourth-order valence-electron chi connectivity index (χ4n) is 2.65. The van der Waals surface area contributed by atoms with Crippen LogP contribution in [0.2, 0.25) is 5.02 Å². The molecule has 0 atom stereocenters. The molecule has 0 saturated heterocycles. The number of nitrogens with one attached hydrogen (secondary N) is 1. The topological polar surface area (TPSA) is 58.6 Å². The Labute approximate surface area is 163 Å². The highest BCUT2D eigenvalue weighted by Gasteiger charge is 2.07. The number of rotatable bonds is 7. The van der Waals surface area contributed by atoms with Crippen LogP contribution in [0.15, 0.2) is 66.7 Å². The number of carboxylic acid groups (broad SMARTS) is 1. The number of anilines is 1. The first-order chi connectivity index (χ1) is 13.0. The lowest BCUT2D eigenvalue weighted by molar-refractivity contribution is 0.0697. The number of hydrogen-bond donors (Lipinski definition) is 2. The Morgan fingerprint density at radius 2 is 1.81 bits per heavy atom. The molecule has 3 aromatic carbocycles. The minimum Gasteiger partial charge on any atom is -0.487 e. The van der Waals surface area contributed by atoms with Crippen LogP contribution in [-0.2, 0) is 13.2 Å². The molecule has 0 heterocycles. The summed E-state index contributed by atoms with van der Waals surface area (Å²) in [6.07, 6.45) is 0. The standard InChI is InChI=1S/C22H20ClNO3/c1-15-7-9-18(22(25)26)12-20(15)24-13-17-8-10-21(19(23)11-17)27-14-16-5-3-2-4-6-16/h2-12,24H,13-14H2,1H3,(H,25,26). The summed E-state index contributed by atoms with van der Waals surface area (Å²) in [4.78, 5) is 11.1. The van der Waals surface area contributed by atoms with E-state index in [1.165, 1.54) is 0 Å². The number of benzene rings is 3. The largest absolute Gasteiger partial charge is 0.487 e. The van der Waals surface area contributed by atoms with Crippen LogP contribution in [-0.4, -0.2) is 11.1 Å². The van der Waals surface area contributed by atoms with Crippen LogP contribution in [0.25, 0.3) is 0 Å². The molecule has 0 saturated carbocycles. The van der Waals surface area contributed by atoms with Crippen molar-refractivity contribution in [2.45, 2.75) is 20.1 Å². The lowest BCUT2D eigenvalue weighted by atomic mass is 10.1. The number of ether oxygens (including phenoxy) is 1. The van der Waals surface area contributed by atoms with Gasteiger partial charge in [0, 0.05) is 12.2 Å². The molecule has 0 aliphatic heterocycles. The number of hydrogen-bond acceptors (Lipinski definition) is 3. The maximum Gasteiger partial charge on any atom is 0.335 e. The van der Waals surface area contributed by atoms with E-state index in [9.17, 15) is 4.79 Å². The van der Waals surface area contributed by atoms with Gasteiger partial charge in [0.2, 0.25) is 0 Å². The molecule has 0 fully saturated rings. The Morgan fingerprint density at radius 3 is 2.52 bits per heavy atom. The van der Waals surface area contributed by atoms with Crippen LogP contribution in [0, 0.1) is 6.92 Å². The summed E-state index contributed by atoms with van der Waals surface area (Å²) in [6, 6.07) is 20.6. The van der Waals surface area contributed by atoms with Crippen molar-refractivity contribution in [1.29, 1.82) is 0 Å². The van der Waals surface area contributed by atoms with Gasteiger partial charge in [-0.15, -0.1) is 0 Å². The Morgan fingerprint density at radius 1 is 1.04 bits per heavy atom. The summed E-state index contributed by atoms with van der Waals surface area (Å²) >= 11 is 6.34. The first-order valence-corrected chi connectivity index (χ1v) is 8.93.